The monoisotopic (exact) mass is 237 g/mol. The Hall–Kier alpha value is -2.18. The molecule has 0 aliphatic carbocycles. The Labute approximate surface area is 107 Å². The van der Waals surface area contributed by atoms with Gasteiger partial charge in [0, 0.05) is 25.0 Å². The van der Waals surface area contributed by atoms with E-state index in [-0.39, 0.29) is 6.04 Å². The predicted octanol–water partition coefficient (Wildman–Crippen LogP) is 2.80. The van der Waals surface area contributed by atoms with Crippen LogP contribution in [0.1, 0.15) is 29.7 Å². The van der Waals surface area contributed by atoms with Crippen molar-refractivity contribution in [3.63, 3.8) is 0 Å². The normalized spacial score (nSPS) is 11.8. The van der Waals surface area contributed by atoms with Gasteiger partial charge in [0.25, 0.3) is 0 Å². The number of nitrogens with one attached hydrogen (secondary N) is 1. The van der Waals surface area contributed by atoms with Gasteiger partial charge in [-0.15, -0.1) is 0 Å². The average Bonchev–Trinajstić information content (AvgIpc) is 2.46. The first kappa shape index (κ1) is 12.3. The number of rotatable bonds is 4. The molecule has 0 amide bonds. The second kappa shape index (κ2) is 5.95. The highest BCUT2D eigenvalue weighted by Crippen LogP contribution is 2.13. The van der Waals surface area contributed by atoms with Crippen LogP contribution < -0.4 is 5.32 Å². The zero-order valence-electron chi connectivity index (χ0n) is 10.3. The highest BCUT2D eigenvalue weighted by atomic mass is 14.9. The molecule has 0 saturated heterocycles. The minimum atomic E-state index is 0.248. The van der Waals surface area contributed by atoms with E-state index >= 15 is 0 Å². The van der Waals surface area contributed by atoms with E-state index in [1.54, 1.807) is 6.20 Å². The van der Waals surface area contributed by atoms with E-state index in [9.17, 15) is 0 Å². The summed E-state index contributed by atoms with van der Waals surface area (Å²) in [7, 11) is 0. The first-order valence-electron chi connectivity index (χ1n) is 5.92. The predicted molar refractivity (Wildman–Crippen MR) is 70.6 cm³/mol. The van der Waals surface area contributed by atoms with Crippen LogP contribution in [0, 0.1) is 11.3 Å². The van der Waals surface area contributed by atoms with Gasteiger partial charge >= 0.3 is 0 Å². The third kappa shape index (κ3) is 3.16. The molecule has 0 unspecified atom stereocenters. The Morgan fingerprint density at radius 1 is 1.28 bits per heavy atom. The quantitative estimate of drug-likeness (QED) is 0.889. The summed E-state index contributed by atoms with van der Waals surface area (Å²) in [6.07, 6.45) is 3.63. The van der Waals surface area contributed by atoms with Crippen molar-refractivity contribution in [2.45, 2.75) is 19.5 Å². The maximum atomic E-state index is 8.75. The van der Waals surface area contributed by atoms with E-state index in [4.69, 9.17) is 5.26 Å². The Balaban J connectivity index is 1.95. The molecule has 1 N–H and O–H groups in total. The van der Waals surface area contributed by atoms with E-state index in [1.807, 2.05) is 42.6 Å². The summed E-state index contributed by atoms with van der Waals surface area (Å²) >= 11 is 0. The SMILES string of the molecule is C[C@@H](NCc1cccnc1)c1ccc(C#N)cc1. The van der Waals surface area contributed by atoms with Crippen LogP contribution in [0.25, 0.3) is 0 Å². The molecule has 3 nitrogen and oxygen atoms in total. The zero-order valence-corrected chi connectivity index (χ0v) is 10.3. The lowest BCUT2D eigenvalue weighted by molar-refractivity contribution is 0.574. The number of nitriles is 1. The Bertz CT molecular complexity index is 526. The first-order valence-corrected chi connectivity index (χ1v) is 5.92. The molecule has 3 heteroatoms. The van der Waals surface area contributed by atoms with E-state index in [1.165, 1.54) is 5.56 Å². The standard InChI is InChI=1S/C15H15N3/c1-12(15-6-4-13(9-16)5-7-15)18-11-14-3-2-8-17-10-14/h2-8,10,12,18H,11H2,1H3/t12-/m1/s1. The van der Waals surface area contributed by atoms with Gasteiger partial charge in [-0.3, -0.25) is 4.98 Å². The number of hydrogen-bond donors (Lipinski definition) is 1. The van der Waals surface area contributed by atoms with Gasteiger partial charge in [-0.1, -0.05) is 18.2 Å². The lowest BCUT2D eigenvalue weighted by Gasteiger charge is -2.14. The molecule has 0 spiro atoms. The molecule has 18 heavy (non-hydrogen) atoms. The number of hydrogen-bond acceptors (Lipinski definition) is 3. The minimum absolute atomic E-state index is 0.248. The smallest absolute Gasteiger partial charge is 0.0991 e. The molecule has 1 heterocycles. The fourth-order valence-electron chi connectivity index (χ4n) is 1.74. The van der Waals surface area contributed by atoms with E-state index in [0.29, 0.717) is 5.56 Å². The number of pyridine rings is 1. The molecule has 0 radical (unpaired) electrons. The fourth-order valence-corrected chi connectivity index (χ4v) is 1.74. The molecule has 1 aromatic heterocycles. The van der Waals surface area contributed by atoms with Gasteiger partial charge in [0.2, 0.25) is 0 Å². The van der Waals surface area contributed by atoms with Crippen LogP contribution in [0.4, 0.5) is 0 Å². The fraction of sp³-hybridized carbons (Fsp3) is 0.200. The van der Waals surface area contributed by atoms with Gasteiger partial charge in [0.05, 0.1) is 11.6 Å². The molecule has 0 aliphatic rings. The van der Waals surface area contributed by atoms with Gasteiger partial charge in [-0.2, -0.15) is 5.26 Å². The Morgan fingerprint density at radius 2 is 2.06 bits per heavy atom. The molecule has 90 valence electrons. The number of nitrogens with zero attached hydrogens (tertiary/aromatic N) is 2. The van der Waals surface area contributed by atoms with Gasteiger partial charge in [-0.25, -0.2) is 0 Å². The summed E-state index contributed by atoms with van der Waals surface area (Å²) in [4.78, 5) is 4.08. The van der Waals surface area contributed by atoms with Crippen molar-refractivity contribution >= 4 is 0 Å². The lowest BCUT2D eigenvalue weighted by Crippen LogP contribution is -2.18. The summed E-state index contributed by atoms with van der Waals surface area (Å²) in [5.41, 5.74) is 3.04. The topological polar surface area (TPSA) is 48.7 Å². The third-order valence-corrected chi connectivity index (χ3v) is 2.87. The van der Waals surface area contributed by atoms with Gasteiger partial charge in [0.15, 0.2) is 0 Å². The average molecular weight is 237 g/mol. The molecule has 0 fully saturated rings. The largest absolute Gasteiger partial charge is 0.306 e. The molecule has 0 bridgehead atoms. The lowest BCUT2D eigenvalue weighted by atomic mass is 10.1. The van der Waals surface area contributed by atoms with Gasteiger partial charge in [0.1, 0.15) is 0 Å². The van der Waals surface area contributed by atoms with Crippen LogP contribution >= 0.6 is 0 Å². The number of aromatic nitrogens is 1. The maximum absolute atomic E-state index is 8.75. The molecular weight excluding hydrogens is 222 g/mol. The van der Waals surface area contributed by atoms with E-state index in [0.717, 1.165) is 12.1 Å². The summed E-state index contributed by atoms with van der Waals surface area (Å²) in [6.45, 7) is 2.90. The molecule has 1 aromatic carbocycles. The van der Waals surface area contributed by atoms with Crippen molar-refractivity contribution in [2.24, 2.45) is 0 Å². The summed E-state index contributed by atoms with van der Waals surface area (Å²) in [5, 5.41) is 12.2. The Kier molecular flexibility index (Phi) is 4.06. The maximum Gasteiger partial charge on any atom is 0.0991 e. The second-order valence-electron chi connectivity index (χ2n) is 4.20. The minimum Gasteiger partial charge on any atom is -0.306 e. The Morgan fingerprint density at radius 3 is 2.67 bits per heavy atom. The zero-order chi connectivity index (χ0) is 12.8. The molecular formula is C15H15N3. The van der Waals surface area contributed by atoms with Gasteiger partial charge in [-0.05, 0) is 36.2 Å². The van der Waals surface area contributed by atoms with Crippen LogP contribution in [-0.2, 0) is 6.54 Å². The molecule has 2 aromatic rings. The summed E-state index contributed by atoms with van der Waals surface area (Å²) in [6, 6.07) is 14.0. The van der Waals surface area contributed by atoms with Crippen LogP contribution in [0.3, 0.4) is 0 Å². The molecule has 1 atom stereocenters. The van der Waals surface area contributed by atoms with Crippen LogP contribution in [0.5, 0.6) is 0 Å². The van der Waals surface area contributed by atoms with Crippen LogP contribution in [-0.4, -0.2) is 4.98 Å². The molecule has 2 rings (SSSR count). The van der Waals surface area contributed by atoms with Crippen molar-refractivity contribution in [3.05, 3.63) is 65.5 Å². The highest BCUT2D eigenvalue weighted by molar-refractivity contribution is 5.32. The van der Waals surface area contributed by atoms with Gasteiger partial charge < -0.3 is 5.32 Å². The summed E-state index contributed by atoms with van der Waals surface area (Å²) < 4.78 is 0. The van der Waals surface area contributed by atoms with E-state index in [2.05, 4.69) is 23.3 Å². The van der Waals surface area contributed by atoms with Crippen molar-refractivity contribution in [3.8, 4) is 6.07 Å². The highest BCUT2D eigenvalue weighted by Gasteiger charge is 2.04. The van der Waals surface area contributed by atoms with Crippen molar-refractivity contribution in [1.82, 2.24) is 10.3 Å². The van der Waals surface area contributed by atoms with Crippen molar-refractivity contribution in [1.29, 1.82) is 5.26 Å². The van der Waals surface area contributed by atoms with Crippen molar-refractivity contribution < 1.29 is 0 Å². The van der Waals surface area contributed by atoms with Crippen molar-refractivity contribution in [2.75, 3.05) is 0 Å². The third-order valence-electron chi connectivity index (χ3n) is 2.87. The van der Waals surface area contributed by atoms with Crippen LogP contribution in [0.15, 0.2) is 48.8 Å². The first-order chi connectivity index (χ1) is 8.79. The number of benzene rings is 1. The van der Waals surface area contributed by atoms with Crippen LogP contribution in [0.2, 0.25) is 0 Å². The second-order valence-corrected chi connectivity index (χ2v) is 4.20. The summed E-state index contributed by atoms with van der Waals surface area (Å²) in [5.74, 6) is 0. The molecule has 0 aliphatic heterocycles. The molecule has 0 saturated carbocycles. The van der Waals surface area contributed by atoms with E-state index < -0.39 is 0 Å².